The molecule has 0 radical (unpaired) electrons. The largest absolute Gasteiger partial charge is 0.481 e. The molecule has 1 aromatic rings. The molecule has 1 saturated carbocycles. The van der Waals surface area contributed by atoms with Crippen molar-refractivity contribution in [1.82, 2.24) is 9.47 Å². The van der Waals surface area contributed by atoms with Crippen molar-refractivity contribution in [3.05, 3.63) is 24.0 Å². The first-order valence-corrected chi connectivity index (χ1v) is 7.35. The van der Waals surface area contributed by atoms with E-state index in [4.69, 9.17) is 5.11 Å². The Morgan fingerprint density at radius 3 is 2.65 bits per heavy atom. The minimum Gasteiger partial charge on any atom is -0.481 e. The summed E-state index contributed by atoms with van der Waals surface area (Å²) in [6, 6.07) is 4.21. The van der Waals surface area contributed by atoms with E-state index in [2.05, 4.69) is 4.57 Å². The smallest absolute Gasteiger partial charge is 0.308 e. The van der Waals surface area contributed by atoms with Crippen molar-refractivity contribution in [3.8, 4) is 0 Å². The van der Waals surface area contributed by atoms with Gasteiger partial charge in [-0.25, -0.2) is 0 Å². The maximum atomic E-state index is 12.6. The van der Waals surface area contributed by atoms with Crippen molar-refractivity contribution in [2.75, 3.05) is 13.1 Å². The van der Waals surface area contributed by atoms with Gasteiger partial charge in [-0.2, -0.15) is 0 Å². The highest BCUT2D eigenvalue weighted by Crippen LogP contribution is 2.33. The Balaban J connectivity index is 1.75. The second kappa shape index (κ2) is 5.31. The van der Waals surface area contributed by atoms with Gasteiger partial charge in [-0.3, -0.25) is 9.59 Å². The van der Waals surface area contributed by atoms with Gasteiger partial charge in [0.05, 0.1) is 5.92 Å². The lowest BCUT2D eigenvalue weighted by atomic mass is 9.92. The molecule has 1 amide bonds. The van der Waals surface area contributed by atoms with E-state index in [9.17, 15) is 9.59 Å². The molecule has 0 unspecified atom stereocenters. The van der Waals surface area contributed by atoms with Gasteiger partial charge in [0.15, 0.2) is 0 Å². The van der Waals surface area contributed by atoms with Crippen molar-refractivity contribution in [3.63, 3.8) is 0 Å². The summed E-state index contributed by atoms with van der Waals surface area (Å²) >= 11 is 0. The summed E-state index contributed by atoms with van der Waals surface area (Å²) in [6.45, 7) is 1.00. The predicted octanol–water partition coefficient (Wildman–Crippen LogP) is 2.15. The van der Waals surface area contributed by atoms with Crippen LogP contribution in [-0.2, 0) is 4.79 Å². The summed E-state index contributed by atoms with van der Waals surface area (Å²) < 4.78 is 2.07. The number of piperidine rings is 1. The van der Waals surface area contributed by atoms with Gasteiger partial charge in [0.1, 0.15) is 5.69 Å². The molecule has 1 aliphatic carbocycles. The minimum absolute atomic E-state index is 0.0205. The number of aromatic nitrogens is 1. The molecule has 1 aliphatic heterocycles. The second-order valence-corrected chi connectivity index (χ2v) is 5.81. The van der Waals surface area contributed by atoms with Crippen molar-refractivity contribution in [1.29, 1.82) is 0 Å². The topological polar surface area (TPSA) is 62.5 Å². The maximum absolute atomic E-state index is 12.6. The van der Waals surface area contributed by atoms with Crippen LogP contribution < -0.4 is 0 Å². The third-order valence-corrected chi connectivity index (χ3v) is 4.52. The summed E-state index contributed by atoms with van der Waals surface area (Å²) in [6.07, 6.45) is 6.89. The van der Waals surface area contributed by atoms with Gasteiger partial charge in [0, 0.05) is 25.3 Å². The van der Waals surface area contributed by atoms with E-state index in [0.29, 0.717) is 31.2 Å². The van der Waals surface area contributed by atoms with E-state index < -0.39 is 11.9 Å². The monoisotopic (exact) mass is 276 g/mol. The van der Waals surface area contributed by atoms with Crippen molar-refractivity contribution < 1.29 is 14.7 Å². The summed E-state index contributed by atoms with van der Waals surface area (Å²) in [4.78, 5) is 25.4. The minimum atomic E-state index is -0.795. The van der Waals surface area contributed by atoms with Crippen LogP contribution >= 0.6 is 0 Å². The molecule has 1 N–H and O–H groups in total. The zero-order valence-electron chi connectivity index (χ0n) is 11.5. The second-order valence-electron chi connectivity index (χ2n) is 5.81. The summed E-state index contributed by atoms with van der Waals surface area (Å²) in [7, 11) is 0. The van der Waals surface area contributed by atoms with Crippen LogP contribution in [0.3, 0.4) is 0 Å². The van der Waals surface area contributed by atoms with E-state index in [1.54, 1.807) is 4.90 Å². The Hall–Kier alpha value is -1.78. The molecule has 0 bridgehead atoms. The molecule has 1 aromatic heterocycles. The molecule has 1 atom stereocenters. The Bertz CT molecular complexity index is 519. The number of amides is 1. The molecule has 2 fully saturated rings. The fraction of sp³-hybridized carbons (Fsp3) is 0.600. The molecule has 5 heteroatoms. The van der Waals surface area contributed by atoms with Crippen molar-refractivity contribution >= 4 is 11.9 Å². The number of likely N-dealkylation sites (tertiary alicyclic amines) is 1. The number of aliphatic carboxylic acids is 1. The number of hydrogen-bond acceptors (Lipinski definition) is 2. The van der Waals surface area contributed by atoms with Gasteiger partial charge in [-0.05, 0) is 44.2 Å². The van der Waals surface area contributed by atoms with Gasteiger partial charge < -0.3 is 14.6 Å². The molecule has 2 heterocycles. The standard InChI is InChI=1S/C15H20N2O3/c18-14(16-8-2-4-11(10-16)15(19)20)13-7-3-9-17(13)12-5-1-6-12/h3,7,9,11-12H,1-2,4-6,8,10H2,(H,19,20)/t11-/m1/s1. The molecule has 20 heavy (non-hydrogen) atoms. The highest BCUT2D eigenvalue weighted by atomic mass is 16.4. The number of carbonyl (C=O) groups is 2. The lowest BCUT2D eigenvalue weighted by Crippen LogP contribution is -2.43. The molecular formula is C15H20N2O3. The Kier molecular flexibility index (Phi) is 3.51. The third-order valence-electron chi connectivity index (χ3n) is 4.52. The molecule has 3 rings (SSSR count). The van der Waals surface area contributed by atoms with Crippen molar-refractivity contribution in [2.45, 2.75) is 38.1 Å². The van der Waals surface area contributed by atoms with Gasteiger partial charge in [-0.1, -0.05) is 0 Å². The van der Waals surface area contributed by atoms with Crippen LogP contribution in [0.15, 0.2) is 18.3 Å². The molecular weight excluding hydrogens is 256 g/mol. The van der Waals surface area contributed by atoms with E-state index in [0.717, 1.165) is 19.3 Å². The van der Waals surface area contributed by atoms with Gasteiger partial charge in [0.2, 0.25) is 0 Å². The molecule has 108 valence electrons. The van der Waals surface area contributed by atoms with E-state index in [1.165, 1.54) is 6.42 Å². The number of rotatable bonds is 3. The highest BCUT2D eigenvalue weighted by molar-refractivity contribution is 5.93. The summed E-state index contributed by atoms with van der Waals surface area (Å²) in [5, 5.41) is 9.12. The molecule has 5 nitrogen and oxygen atoms in total. The van der Waals surface area contributed by atoms with Gasteiger partial charge in [0.25, 0.3) is 5.91 Å². The zero-order chi connectivity index (χ0) is 14.1. The average Bonchev–Trinajstić information content (AvgIpc) is 2.85. The normalized spacial score (nSPS) is 23.4. The summed E-state index contributed by atoms with van der Waals surface area (Å²) in [5.74, 6) is -1.23. The number of carbonyl (C=O) groups excluding carboxylic acids is 1. The lowest BCUT2D eigenvalue weighted by molar-refractivity contribution is -0.143. The Labute approximate surface area is 118 Å². The third kappa shape index (κ3) is 2.32. The van der Waals surface area contributed by atoms with E-state index in [-0.39, 0.29) is 5.91 Å². The lowest BCUT2D eigenvalue weighted by Gasteiger charge is -2.33. The van der Waals surface area contributed by atoms with Crippen LogP contribution in [0.25, 0.3) is 0 Å². The van der Waals surface area contributed by atoms with Crippen LogP contribution in [0.2, 0.25) is 0 Å². The van der Waals surface area contributed by atoms with E-state index >= 15 is 0 Å². The van der Waals surface area contributed by atoms with Crippen LogP contribution in [0.4, 0.5) is 0 Å². The van der Waals surface area contributed by atoms with Crippen LogP contribution in [0, 0.1) is 5.92 Å². The number of carboxylic acid groups (broad SMARTS) is 1. The number of hydrogen-bond donors (Lipinski definition) is 1. The first-order chi connectivity index (χ1) is 9.66. The van der Waals surface area contributed by atoms with Crippen LogP contribution in [0.1, 0.15) is 48.6 Å². The average molecular weight is 276 g/mol. The number of nitrogens with zero attached hydrogens (tertiary/aromatic N) is 2. The quantitative estimate of drug-likeness (QED) is 0.920. The first-order valence-electron chi connectivity index (χ1n) is 7.35. The first kappa shape index (κ1) is 13.2. The van der Waals surface area contributed by atoms with Crippen LogP contribution in [-0.4, -0.2) is 39.5 Å². The van der Waals surface area contributed by atoms with Crippen LogP contribution in [0.5, 0.6) is 0 Å². The molecule has 1 saturated heterocycles. The van der Waals surface area contributed by atoms with Crippen molar-refractivity contribution in [2.24, 2.45) is 5.92 Å². The molecule has 0 spiro atoms. The SMILES string of the molecule is O=C(O)[C@@H]1CCCN(C(=O)c2cccn2C2CCC2)C1. The fourth-order valence-electron chi connectivity index (χ4n) is 3.08. The Morgan fingerprint density at radius 2 is 2.00 bits per heavy atom. The van der Waals surface area contributed by atoms with Gasteiger partial charge >= 0.3 is 5.97 Å². The van der Waals surface area contributed by atoms with E-state index in [1.807, 2.05) is 18.3 Å². The predicted molar refractivity (Wildman–Crippen MR) is 73.6 cm³/mol. The maximum Gasteiger partial charge on any atom is 0.308 e. The highest BCUT2D eigenvalue weighted by Gasteiger charge is 2.31. The van der Waals surface area contributed by atoms with Gasteiger partial charge in [-0.15, -0.1) is 0 Å². The molecule has 0 aromatic carbocycles. The molecule has 2 aliphatic rings. The fourth-order valence-corrected chi connectivity index (χ4v) is 3.08. The zero-order valence-corrected chi connectivity index (χ0v) is 11.5. The Morgan fingerprint density at radius 1 is 1.20 bits per heavy atom. The summed E-state index contributed by atoms with van der Waals surface area (Å²) in [5.41, 5.74) is 0.709. The number of carboxylic acids is 1.